The molecule has 4 heteroatoms. The minimum atomic E-state index is 0.512. The van der Waals surface area contributed by atoms with E-state index in [0.717, 1.165) is 0 Å². The molecule has 0 aliphatic rings. The summed E-state index contributed by atoms with van der Waals surface area (Å²) in [4.78, 5) is 0. The number of anilines is 3. The Morgan fingerprint density at radius 2 is 1.44 bits per heavy atom. The fourth-order valence-electron chi connectivity index (χ4n) is 1.33. The van der Waals surface area contributed by atoms with E-state index in [1.165, 1.54) is 0 Å². The SMILES string of the molecule is Nc1ccc(N)c(Oc2ccccc2N)c1. The van der Waals surface area contributed by atoms with Crippen LogP contribution in [0.1, 0.15) is 0 Å². The second-order valence-electron chi connectivity index (χ2n) is 3.44. The van der Waals surface area contributed by atoms with Crippen molar-refractivity contribution in [3.05, 3.63) is 42.5 Å². The first-order valence-electron chi connectivity index (χ1n) is 4.84. The number of nitrogens with two attached hydrogens (primary N) is 3. The number of hydrogen-bond acceptors (Lipinski definition) is 4. The van der Waals surface area contributed by atoms with Gasteiger partial charge >= 0.3 is 0 Å². The first kappa shape index (κ1) is 10.2. The number of rotatable bonds is 2. The van der Waals surface area contributed by atoms with E-state index in [9.17, 15) is 0 Å². The number of ether oxygens (including phenoxy) is 1. The second kappa shape index (κ2) is 4.02. The summed E-state index contributed by atoms with van der Waals surface area (Å²) < 4.78 is 5.59. The van der Waals surface area contributed by atoms with Crippen LogP contribution in [0.5, 0.6) is 11.5 Å². The van der Waals surface area contributed by atoms with Crippen molar-refractivity contribution in [3.63, 3.8) is 0 Å². The molecule has 2 aromatic rings. The second-order valence-corrected chi connectivity index (χ2v) is 3.44. The summed E-state index contributed by atoms with van der Waals surface area (Å²) in [5.74, 6) is 1.08. The van der Waals surface area contributed by atoms with Gasteiger partial charge in [0, 0.05) is 11.8 Å². The zero-order valence-corrected chi connectivity index (χ0v) is 8.68. The third kappa shape index (κ3) is 2.00. The first-order chi connectivity index (χ1) is 7.66. The maximum Gasteiger partial charge on any atom is 0.152 e. The summed E-state index contributed by atoms with van der Waals surface area (Å²) in [5.41, 5.74) is 18.9. The van der Waals surface area contributed by atoms with Gasteiger partial charge in [-0.05, 0) is 24.3 Å². The van der Waals surface area contributed by atoms with Crippen LogP contribution in [0, 0.1) is 0 Å². The average Bonchev–Trinajstić information content (AvgIpc) is 2.27. The molecule has 0 amide bonds. The predicted molar refractivity (Wildman–Crippen MR) is 66.2 cm³/mol. The molecule has 0 atom stereocenters. The summed E-state index contributed by atoms with van der Waals surface area (Å²) in [7, 11) is 0. The molecule has 0 aliphatic carbocycles. The molecule has 0 heterocycles. The van der Waals surface area contributed by atoms with Gasteiger partial charge in [-0.3, -0.25) is 0 Å². The third-order valence-corrected chi connectivity index (χ3v) is 2.18. The van der Waals surface area contributed by atoms with Gasteiger partial charge in [-0.15, -0.1) is 0 Å². The van der Waals surface area contributed by atoms with Crippen LogP contribution in [0.15, 0.2) is 42.5 Å². The molecule has 82 valence electrons. The standard InChI is InChI=1S/C12H13N3O/c13-8-5-6-10(15)12(7-8)16-11-4-2-1-3-9(11)14/h1-7H,13-15H2. The fourth-order valence-corrected chi connectivity index (χ4v) is 1.33. The van der Waals surface area contributed by atoms with E-state index in [1.54, 1.807) is 30.3 Å². The van der Waals surface area contributed by atoms with Gasteiger partial charge in [0.2, 0.25) is 0 Å². The molecule has 16 heavy (non-hydrogen) atoms. The highest BCUT2D eigenvalue weighted by atomic mass is 16.5. The molecule has 0 saturated heterocycles. The van der Waals surface area contributed by atoms with Crippen molar-refractivity contribution in [2.45, 2.75) is 0 Å². The zero-order chi connectivity index (χ0) is 11.5. The highest BCUT2D eigenvalue weighted by Crippen LogP contribution is 2.32. The summed E-state index contributed by atoms with van der Waals surface area (Å²) in [6, 6.07) is 12.3. The van der Waals surface area contributed by atoms with Crippen molar-refractivity contribution in [1.82, 2.24) is 0 Å². The molecule has 0 radical (unpaired) electrons. The van der Waals surface area contributed by atoms with E-state index in [0.29, 0.717) is 28.6 Å². The monoisotopic (exact) mass is 215 g/mol. The molecular weight excluding hydrogens is 202 g/mol. The Kier molecular flexibility index (Phi) is 2.55. The molecule has 4 nitrogen and oxygen atoms in total. The van der Waals surface area contributed by atoms with Crippen LogP contribution >= 0.6 is 0 Å². The van der Waals surface area contributed by atoms with Crippen LogP contribution in [0.2, 0.25) is 0 Å². The highest BCUT2D eigenvalue weighted by Gasteiger charge is 2.04. The van der Waals surface area contributed by atoms with E-state index < -0.39 is 0 Å². The third-order valence-electron chi connectivity index (χ3n) is 2.18. The van der Waals surface area contributed by atoms with E-state index in [4.69, 9.17) is 21.9 Å². The lowest BCUT2D eigenvalue weighted by atomic mass is 10.2. The van der Waals surface area contributed by atoms with Crippen molar-refractivity contribution < 1.29 is 4.74 Å². The van der Waals surface area contributed by atoms with Gasteiger partial charge in [0.15, 0.2) is 5.75 Å². The molecule has 0 bridgehead atoms. The van der Waals surface area contributed by atoms with Gasteiger partial charge in [-0.25, -0.2) is 0 Å². The zero-order valence-electron chi connectivity index (χ0n) is 8.68. The van der Waals surface area contributed by atoms with Gasteiger partial charge < -0.3 is 21.9 Å². The minimum absolute atomic E-state index is 0.512. The van der Waals surface area contributed by atoms with E-state index >= 15 is 0 Å². The molecule has 0 spiro atoms. The first-order valence-corrected chi connectivity index (χ1v) is 4.84. The minimum Gasteiger partial charge on any atom is -0.453 e. The topological polar surface area (TPSA) is 87.3 Å². The van der Waals surface area contributed by atoms with Crippen LogP contribution in [-0.2, 0) is 0 Å². The summed E-state index contributed by atoms with van der Waals surface area (Å²) in [5, 5.41) is 0. The Bertz CT molecular complexity index is 511. The average molecular weight is 215 g/mol. The lowest BCUT2D eigenvalue weighted by Gasteiger charge is -2.10. The van der Waals surface area contributed by atoms with E-state index in [1.807, 2.05) is 12.1 Å². The lowest BCUT2D eigenvalue weighted by molar-refractivity contribution is 0.488. The van der Waals surface area contributed by atoms with E-state index in [-0.39, 0.29) is 0 Å². The van der Waals surface area contributed by atoms with Gasteiger partial charge in [0.25, 0.3) is 0 Å². The van der Waals surface area contributed by atoms with Gasteiger partial charge in [0.1, 0.15) is 5.75 Å². The maximum absolute atomic E-state index is 5.77. The van der Waals surface area contributed by atoms with Crippen LogP contribution in [0.4, 0.5) is 17.1 Å². The Labute approximate surface area is 93.6 Å². The fraction of sp³-hybridized carbons (Fsp3) is 0. The molecule has 0 fully saturated rings. The quantitative estimate of drug-likeness (QED) is 0.670. The van der Waals surface area contributed by atoms with Gasteiger partial charge in [-0.1, -0.05) is 12.1 Å². The summed E-state index contributed by atoms with van der Waals surface area (Å²) in [6.07, 6.45) is 0. The summed E-state index contributed by atoms with van der Waals surface area (Å²) in [6.45, 7) is 0. The van der Waals surface area contributed by atoms with Crippen molar-refractivity contribution >= 4 is 17.1 Å². The van der Waals surface area contributed by atoms with Crippen LogP contribution in [0.3, 0.4) is 0 Å². The Morgan fingerprint density at radius 1 is 0.750 bits per heavy atom. The highest BCUT2D eigenvalue weighted by molar-refractivity contribution is 5.62. The Hall–Kier alpha value is -2.36. The van der Waals surface area contributed by atoms with Crippen molar-refractivity contribution in [2.75, 3.05) is 17.2 Å². The molecule has 0 aromatic heterocycles. The molecular formula is C12H13N3O. The number of nitrogen functional groups attached to an aromatic ring is 3. The molecule has 0 saturated carbocycles. The maximum atomic E-state index is 5.77. The van der Waals surface area contributed by atoms with Crippen LogP contribution < -0.4 is 21.9 Å². The smallest absolute Gasteiger partial charge is 0.152 e. The largest absolute Gasteiger partial charge is 0.453 e. The van der Waals surface area contributed by atoms with Crippen LogP contribution in [0.25, 0.3) is 0 Å². The van der Waals surface area contributed by atoms with Crippen molar-refractivity contribution in [2.24, 2.45) is 0 Å². The van der Waals surface area contributed by atoms with Crippen molar-refractivity contribution in [3.8, 4) is 11.5 Å². The molecule has 2 aromatic carbocycles. The molecule has 2 rings (SSSR count). The molecule has 0 aliphatic heterocycles. The van der Waals surface area contributed by atoms with E-state index in [2.05, 4.69) is 0 Å². The number of para-hydroxylation sites is 2. The number of hydrogen-bond donors (Lipinski definition) is 3. The van der Waals surface area contributed by atoms with Gasteiger partial charge in [-0.2, -0.15) is 0 Å². The number of benzene rings is 2. The van der Waals surface area contributed by atoms with Crippen molar-refractivity contribution in [1.29, 1.82) is 0 Å². The summed E-state index contributed by atoms with van der Waals surface area (Å²) >= 11 is 0. The Morgan fingerprint density at radius 3 is 2.19 bits per heavy atom. The normalized spacial score (nSPS) is 10.0. The lowest BCUT2D eigenvalue weighted by Crippen LogP contribution is -1.96. The Balaban J connectivity index is 2.34. The van der Waals surface area contributed by atoms with Crippen LogP contribution in [-0.4, -0.2) is 0 Å². The molecule has 6 N–H and O–H groups in total. The molecule has 0 unspecified atom stereocenters. The van der Waals surface area contributed by atoms with Gasteiger partial charge in [0.05, 0.1) is 11.4 Å². The predicted octanol–water partition coefficient (Wildman–Crippen LogP) is 2.23.